The number of benzene rings is 1. The van der Waals surface area contributed by atoms with Crippen molar-refractivity contribution < 1.29 is 4.74 Å². The van der Waals surface area contributed by atoms with Crippen molar-refractivity contribution in [1.82, 2.24) is 10.6 Å². The molecular formula is C16H25N3O. The van der Waals surface area contributed by atoms with Gasteiger partial charge in [-0.2, -0.15) is 0 Å². The van der Waals surface area contributed by atoms with Crippen molar-refractivity contribution in [1.29, 1.82) is 0 Å². The van der Waals surface area contributed by atoms with E-state index in [2.05, 4.69) is 21.7 Å². The minimum Gasteiger partial charge on any atom is -0.494 e. The van der Waals surface area contributed by atoms with Crippen LogP contribution in [0.5, 0.6) is 5.75 Å². The van der Waals surface area contributed by atoms with E-state index in [0.717, 1.165) is 23.8 Å². The molecule has 0 spiro atoms. The molecule has 20 heavy (non-hydrogen) atoms. The highest BCUT2D eigenvalue weighted by atomic mass is 16.5. The number of nitrogens with zero attached hydrogens (tertiary/aromatic N) is 1. The number of guanidine groups is 1. The second-order valence-electron chi connectivity index (χ2n) is 5.09. The van der Waals surface area contributed by atoms with E-state index in [1.807, 2.05) is 32.2 Å². The number of aliphatic imine (C=N–C) groups is 1. The number of rotatable bonds is 5. The van der Waals surface area contributed by atoms with Crippen LogP contribution in [0.3, 0.4) is 0 Å². The van der Waals surface area contributed by atoms with Crippen molar-refractivity contribution in [2.75, 3.05) is 13.7 Å². The fourth-order valence-corrected chi connectivity index (χ4v) is 2.58. The molecule has 1 aliphatic rings. The normalized spacial score (nSPS) is 16.2. The lowest BCUT2D eigenvalue weighted by Crippen LogP contribution is -2.41. The summed E-state index contributed by atoms with van der Waals surface area (Å²) in [7, 11) is 1.82. The molecular weight excluding hydrogens is 250 g/mol. The van der Waals surface area contributed by atoms with Crippen LogP contribution in [0, 0.1) is 0 Å². The molecule has 1 aromatic carbocycles. The van der Waals surface area contributed by atoms with Gasteiger partial charge in [0.2, 0.25) is 0 Å². The third-order valence-corrected chi connectivity index (χ3v) is 3.64. The van der Waals surface area contributed by atoms with Crippen molar-refractivity contribution >= 4 is 5.96 Å². The third kappa shape index (κ3) is 4.15. The Hall–Kier alpha value is -1.71. The average molecular weight is 275 g/mol. The van der Waals surface area contributed by atoms with Crippen LogP contribution in [-0.2, 0) is 6.54 Å². The van der Waals surface area contributed by atoms with E-state index in [-0.39, 0.29) is 0 Å². The summed E-state index contributed by atoms with van der Waals surface area (Å²) >= 11 is 0. The predicted molar refractivity (Wildman–Crippen MR) is 83.2 cm³/mol. The van der Waals surface area contributed by atoms with Gasteiger partial charge in [-0.3, -0.25) is 4.99 Å². The van der Waals surface area contributed by atoms with Crippen LogP contribution in [0.1, 0.15) is 38.2 Å². The fraction of sp³-hybridized carbons (Fsp3) is 0.562. The van der Waals surface area contributed by atoms with Gasteiger partial charge >= 0.3 is 0 Å². The zero-order valence-corrected chi connectivity index (χ0v) is 12.5. The van der Waals surface area contributed by atoms with Crippen LogP contribution >= 0.6 is 0 Å². The molecule has 4 heteroatoms. The molecule has 1 fully saturated rings. The van der Waals surface area contributed by atoms with Gasteiger partial charge in [0.1, 0.15) is 5.75 Å². The molecule has 0 aliphatic heterocycles. The van der Waals surface area contributed by atoms with Crippen molar-refractivity contribution in [3.05, 3.63) is 29.8 Å². The lowest BCUT2D eigenvalue weighted by Gasteiger charge is -2.17. The predicted octanol–water partition coefficient (Wildman–Crippen LogP) is 2.69. The second kappa shape index (κ2) is 7.78. The molecule has 1 aliphatic carbocycles. The zero-order valence-electron chi connectivity index (χ0n) is 12.5. The molecule has 0 unspecified atom stereocenters. The average Bonchev–Trinajstić information content (AvgIpc) is 2.98. The summed E-state index contributed by atoms with van der Waals surface area (Å²) in [4.78, 5) is 4.30. The van der Waals surface area contributed by atoms with Crippen molar-refractivity contribution in [3.63, 3.8) is 0 Å². The van der Waals surface area contributed by atoms with E-state index in [9.17, 15) is 0 Å². The molecule has 4 nitrogen and oxygen atoms in total. The monoisotopic (exact) mass is 275 g/mol. The minimum atomic E-state index is 0.573. The maximum Gasteiger partial charge on any atom is 0.191 e. The SMILES string of the molecule is CCOc1ccccc1CNC(=NC)NC1CCCC1. The quantitative estimate of drug-likeness (QED) is 0.641. The smallest absolute Gasteiger partial charge is 0.191 e. The summed E-state index contributed by atoms with van der Waals surface area (Å²) in [6, 6.07) is 8.70. The van der Waals surface area contributed by atoms with Crippen molar-refractivity contribution in [2.24, 2.45) is 4.99 Å². The number of hydrogen-bond acceptors (Lipinski definition) is 2. The lowest BCUT2D eigenvalue weighted by atomic mass is 10.2. The Balaban J connectivity index is 1.89. The van der Waals surface area contributed by atoms with Gasteiger partial charge in [0.15, 0.2) is 5.96 Å². The Morgan fingerprint density at radius 2 is 2.05 bits per heavy atom. The van der Waals surface area contributed by atoms with E-state index in [0.29, 0.717) is 12.6 Å². The van der Waals surface area contributed by atoms with Gasteiger partial charge in [-0.25, -0.2) is 0 Å². The Kier molecular flexibility index (Phi) is 5.71. The summed E-state index contributed by atoms with van der Waals surface area (Å²) in [6.07, 6.45) is 5.14. The standard InChI is InChI=1S/C16H25N3O/c1-3-20-15-11-7-4-8-13(15)12-18-16(17-2)19-14-9-5-6-10-14/h4,7-8,11,14H,3,5-6,9-10,12H2,1-2H3,(H2,17,18,19). The van der Waals surface area contributed by atoms with Gasteiger partial charge < -0.3 is 15.4 Å². The van der Waals surface area contributed by atoms with E-state index < -0.39 is 0 Å². The van der Waals surface area contributed by atoms with Crippen LogP contribution in [0.15, 0.2) is 29.3 Å². The zero-order chi connectivity index (χ0) is 14.2. The molecule has 0 radical (unpaired) electrons. The van der Waals surface area contributed by atoms with Crippen molar-refractivity contribution in [3.8, 4) is 5.75 Å². The highest BCUT2D eigenvalue weighted by Crippen LogP contribution is 2.18. The summed E-state index contributed by atoms with van der Waals surface area (Å²) in [6.45, 7) is 3.42. The number of ether oxygens (including phenoxy) is 1. The van der Waals surface area contributed by atoms with E-state index in [4.69, 9.17) is 4.74 Å². The van der Waals surface area contributed by atoms with Gasteiger partial charge in [-0.05, 0) is 25.8 Å². The Morgan fingerprint density at radius 1 is 1.30 bits per heavy atom. The first kappa shape index (κ1) is 14.7. The second-order valence-corrected chi connectivity index (χ2v) is 5.09. The molecule has 0 saturated heterocycles. The number of para-hydroxylation sites is 1. The number of hydrogen-bond donors (Lipinski definition) is 2. The highest BCUT2D eigenvalue weighted by molar-refractivity contribution is 5.80. The molecule has 0 bridgehead atoms. The van der Waals surface area contributed by atoms with E-state index in [1.165, 1.54) is 25.7 Å². The van der Waals surface area contributed by atoms with E-state index in [1.54, 1.807) is 0 Å². The molecule has 0 amide bonds. The topological polar surface area (TPSA) is 45.6 Å². The Morgan fingerprint density at radius 3 is 2.75 bits per heavy atom. The molecule has 110 valence electrons. The van der Waals surface area contributed by atoms with Gasteiger partial charge in [0, 0.05) is 25.2 Å². The van der Waals surface area contributed by atoms with Crippen molar-refractivity contribution in [2.45, 2.75) is 45.2 Å². The molecule has 1 aromatic rings. The molecule has 0 heterocycles. The van der Waals surface area contributed by atoms with Gasteiger partial charge in [-0.15, -0.1) is 0 Å². The third-order valence-electron chi connectivity index (χ3n) is 3.64. The van der Waals surface area contributed by atoms with Gasteiger partial charge in [0.25, 0.3) is 0 Å². The molecule has 2 rings (SSSR count). The van der Waals surface area contributed by atoms with Crippen LogP contribution in [0.25, 0.3) is 0 Å². The summed E-state index contributed by atoms with van der Waals surface area (Å²) in [5.41, 5.74) is 1.16. The van der Waals surface area contributed by atoms with E-state index >= 15 is 0 Å². The largest absolute Gasteiger partial charge is 0.494 e. The lowest BCUT2D eigenvalue weighted by molar-refractivity contribution is 0.336. The van der Waals surface area contributed by atoms with Gasteiger partial charge in [0.05, 0.1) is 6.61 Å². The number of nitrogens with one attached hydrogen (secondary N) is 2. The first-order valence-electron chi connectivity index (χ1n) is 7.51. The van der Waals surface area contributed by atoms with Crippen LogP contribution in [0.4, 0.5) is 0 Å². The molecule has 2 N–H and O–H groups in total. The van der Waals surface area contributed by atoms with Gasteiger partial charge in [-0.1, -0.05) is 31.0 Å². The summed E-state index contributed by atoms with van der Waals surface area (Å²) in [5.74, 6) is 1.82. The molecule has 0 aromatic heterocycles. The van der Waals surface area contributed by atoms with Crippen LogP contribution in [-0.4, -0.2) is 25.7 Å². The Labute approximate surface area is 121 Å². The van der Waals surface area contributed by atoms with Crippen LogP contribution in [0.2, 0.25) is 0 Å². The molecule has 1 saturated carbocycles. The maximum atomic E-state index is 5.64. The maximum absolute atomic E-state index is 5.64. The van der Waals surface area contributed by atoms with Crippen LogP contribution < -0.4 is 15.4 Å². The minimum absolute atomic E-state index is 0.573. The first-order chi connectivity index (χ1) is 9.83. The Bertz CT molecular complexity index is 439. The molecule has 0 atom stereocenters. The first-order valence-corrected chi connectivity index (χ1v) is 7.51. The summed E-state index contributed by atoms with van der Waals surface area (Å²) < 4.78 is 5.64. The highest BCUT2D eigenvalue weighted by Gasteiger charge is 2.15. The fourth-order valence-electron chi connectivity index (χ4n) is 2.58. The summed E-state index contributed by atoms with van der Waals surface area (Å²) in [5, 5.41) is 6.86.